The van der Waals surface area contributed by atoms with Crippen LogP contribution in [0.1, 0.15) is 24.9 Å². The Labute approximate surface area is 111 Å². The minimum atomic E-state index is -0.311. The van der Waals surface area contributed by atoms with Gasteiger partial charge in [-0.05, 0) is 24.1 Å². The van der Waals surface area contributed by atoms with E-state index < -0.39 is 0 Å². The summed E-state index contributed by atoms with van der Waals surface area (Å²) in [5, 5.41) is 11.9. The van der Waals surface area contributed by atoms with Crippen molar-refractivity contribution in [2.75, 3.05) is 11.1 Å². The number of nitrogens with one attached hydrogen (secondary N) is 1. The van der Waals surface area contributed by atoms with E-state index in [4.69, 9.17) is 11.0 Å². The quantitative estimate of drug-likeness (QED) is 0.875. The molecule has 5 heteroatoms. The molecule has 0 saturated carbocycles. The van der Waals surface area contributed by atoms with Gasteiger partial charge in [-0.25, -0.2) is 0 Å². The van der Waals surface area contributed by atoms with Gasteiger partial charge in [0, 0.05) is 10.9 Å². The molecule has 1 heterocycles. The van der Waals surface area contributed by atoms with Gasteiger partial charge in [0.05, 0.1) is 23.4 Å². The Hall–Kier alpha value is -1.51. The molecule has 1 amide bonds. The van der Waals surface area contributed by atoms with E-state index in [0.29, 0.717) is 5.75 Å². The smallest absolute Gasteiger partial charge is 0.234 e. The molecular weight excluding hydrogens is 246 g/mol. The molecule has 0 radical (unpaired) electrons. The van der Waals surface area contributed by atoms with E-state index >= 15 is 0 Å². The van der Waals surface area contributed by atoms with Crippen molar-refractivity contribution in [3.05, 3.63) is 23.8 Å². The summed E-state index contributed by atoms with van der Waals surface area (Å²) in [4.78, 5) is 12.4. The van der Waals surface area contributed by atoms with Crippen LogP contribution in [0.5, 0.6) is 0 Å². The molecular formula is C13H15N3OS. The van der Waals surface area contributed by atoms with Gasteiger partial charge in [0.25, 0.3) is 0 Å². The minimum Gasteiger partial charge on any atom is -0.324 e. The second kappa shape index (κ2) is 5.42. The fourth-order valence-corrected chi connectivity index (χ4v) is 2.75. The van der Waals surface area contributed by atoms with Gasteiger partial charge in [0.15, 0.2) is 0 Å². The highest BCUT2D eigenvalue weighted by Gasteiger charge is 2.21. The van der Waals surface area contributed by atoms with Crippen LogP contribution < -0.4 is 11.1 Å². The first-order valence-corrected chi connectivity index (χ1v) is 6.86. The largest absolute Gasteiger partial charge is 0.324 e. The molecule has 0 spiro atoms. The van der Waals surface area contributed by atoms with Gasteiger partial charge in [0.2, 0.25) is 5.91 Å². The summed E-state index contributed by atoms with van der Waals surface area (Å²) in [6.45, 7) is 1.95. The van der Waals surface area contributed by atoms with Gasteiger partial charge < -0.3 is 11.1 Å². The Kier molecular flexibility index (Phi) is 3.90. The molecule has 0 fully saturated rings. The summed E-state index contributed by atoms with van der Waals surface area (Å²) in [6.07, 6.45) is 0.718. The van der Waals surface area contributed by atoms with E-state index in [-0.39, 0.29) is 17.9 Å². The van der Waals surface area contributed by atoms with E-state index in [2.05, 4.69) is 11.4 Å². The first-order valence-electron chi connectivity index (χ1n) is 5.87. The summed E-state index contributed by atoms with van der Waals surface area (Å²) >= 11 is 1.52. The van der Waals surface area contributed by atoms with Crippen LogP contribution in [-0.2, 0) is 4.79 Å². The molecule has 1 aromatic carbocycles. The van der Waals surface area contributed by atoms with Crippen LogP contribution in [0.25, 0.3) is 0 Å². The lowest BCUT2D eigenvalue weighted by Gasteiger charge is -2.21. The molecule has 3 N–H and O–H groups in total. The molecule has 1 aliphatic rings. The number of nitriles is 1. The Morgan fingerprint density at radius 1 is 1.61 bits per heavy atom. The third-order valence-electron chi connectivity index (χ3n) is 3.06. The molecule has 2 atom stereocenters. The standard InChI is InChI=1S/C13H15N3OS/c1-2-8(6-14)13(15)9-3-4-11-10(5-9)16-12(17)7-18-11/h3-5,8,13H,2,7,15H2,1H3,(H,16,17). The van der Waals surface area contributed by atoms with Crippen LogP contribution in [0.2, 0.25) is 0 Å². The summed E-state index contributed by atoms with van der Waals surface area (Å²) < 4.78 is 0. The van der Waals surface area contributed by atoms with E-state index in [1.54, 1.807) is 0 Å². The van der Waals surface area contributed by atoms with Crippen molar-refractivity contribution in [2.24, 2.45) is 11.7 Å². The number of amides is 1. The van der Waals surface area contributed by atoms with Crippen molar-refractivity contribution >= 4 is 23.4 Å². The number of rotatable bonds is 3. The number of carbonyl (C=O) groups is 1. The van der Waals surface area contributed by atoms with Gasteiger partial charge >= 0.3 is 0 Å². The lowest BCUT2D eigenvalue weighted by molar-refractivity contribution is -0.113. The third kappa shape index (κ3) is 2.50. The molecule has 0 aliphatic carbocycles. The molecule has 1 aromatic rings. The maximum atomic E-state index is 11.3. The molecule has 18 heavy (non-hydrogen) atoms. The van der Waals surface area contributed by atoms with E-state index in [1.165, 1.54) is 11.8 Å². The normalized spacial score (nSPS) is 17.3. The fourth-order valence-electron chi connectivity index (χ4n) is 1.97. The van der Waals surface area contributed by atoms with Crippen molar-refractivity contribution in [3.63, 3.8) is 0 Å². The SMILES string of the molecule is CCC(C#N)C(N)c1ccc2c(c1)NC(=O)CS2. The Balaban J connectivity index is 2.28. The molecule has 2 rings (SSSR count). The number of carbonyl (C=O) groups excluding carboxylic acids is 1. The number of hydrogen-bond acceptors (Lipinski definition) is 4. The summed E-state index contributed by atoms with van der Waals surface area (Å²) in [5.41, 5.74) is 7.78. The Morgan fingerprint density at radius 3 is 3.06 bits per heavy atom. The van der Waals surface area contributed by atoms with Gasteiger partial charge in [0.1, 0.15) is 0 Å². The number of thioether (sulfide) groups is 1. The van der Waals surface area contributed by atoms with Crippen LogP contribution in [0.3, 0.4) is 0 Å². The Bertz CT molecular complexity index is 509. The highest BCUT2D eigenvalue weighted by atomic mass is 32.2. The summed E-state index contributed by atoms with van der Waals surface area (Å²) in [7, 11) is 0. The van der Waals surface area contributed by atoms with Crippen LogP contribution in [0.15, 0.2) is 23.1 Å². The zero-order valence-corrected chi connectivity index (χ0v) is 11.0. The number of benzene rings is 1. The second-order valence-corrected chi connectivity index (χ2v) is 5.28. The van der Waals surface area contributed by atoms with E-state index in [9.17, 15) is 4.79 Å². The van der Waals surface area contributed by atoms with Crippen molar-refractivity contribution in [2.45, 2.75) is 24.3 Å². The van der Waals surface area contributed by atoms with E-state index in [1.807, 2.05) is 25.1 Å². The molecule has 1 aliphatic heterocycles. The second-order valence-electron chi connectivity index (χ2n) is 4.26. The summed E-state index contributed by atoms with van der Waals surface area (Å²) in [6, 6.07) is 7.68. The summed E-state index contributed by atoms with van der Waals surface area (Å²) in [5.74, 6) is 0.259. The first-order chi connectivity index (χ1) is 8.65. The molecule has 2 unspecified atom stereocenters. The average Bonchev–Trinajstić information content (AvgIpc) is 2.39. The van der Waals surface area contributed by atoms with Crippen LogP contribution in [0.4, 0.5) is 5.69 Å². The van der Waals surface area contributed by atoms with Crippen molar-refractivity contribution in [3.8, 4) is 6.07 Å². The highest BCUT2D eigenvalue weighted by Crippen LogP contribution is 2.34. The number of hydrogen-bond donors (Lipinski definition) is 2. The monoisotopic (exact) mass is 261 g/mol. The lowest BCUT2D eigenvalue weighted by atomic mass is 9.92. The molecule has 0 saturated heterocycles. The van der Waals surface area contributed by atoms with E-state index in [0.717, 1.165) is 22.6 Å². The molecule has 0 bridgehead atoms. The Morgan fingerprint density at radius 2 is 2.39 bits per heavy atom. The van der Waals surface area contributed by atoms with Gasteiger partial charge in [-0.3, -0.25) is 4.79 Å². The van der Waals surface area contributed by atoms with Crippen molar-refractivity contribution in [1.82, 2.24) is 0 Å². The number of fused-ring (bicyclic) bond motifs is 1. The number of nitrogens with two attached hydrogens (primary N) is 1. The zero-order chi connectivity index (χ0) is 13.1. The first kappa shape index (κ1) is 12.9. The zero-order valence-electron chi connectivity index (χ0n) is 10.1. The van der Waals surface area contributed by atoms with Crippen LogP contribution >= 0.6 is 11.8 Å². The molecule has 4 nitrogen and oxygen atoms in total. The molecule has 94 valence electrons. The third-order valence-corrected chi connectivity index (χ3v) is 4.13. The number of anilines is 1. The number of nitrogens with zero attached hydrogens (tertiary/aromatic N) is 1. The van der Waals surface area contributed by atoms with Crippen molar-refractivity contribution < 1.29 is 4.79 Å². The average molecular weight is 261 g/mol. The lowest BCUT2D eigenvalue weighted by Crippen LogP contribution is -2.22. The predicted octanol–water partition coefficient (Wildman–Crippen LogP) is 2.28. The van der Waals surface area contributed by atoms with Gasteiger partial charge in [-0.2, -0.15) is 5.26 Å². The van der Waals surface area contributed by atoms with Gasteiger partial charge in [-0.1, -0.05) is 13.0 Å². The molecule has 0 aromatic heterocycles. The van der Waals surface area contributed by atoms with Crippen LogP contribution in [0, 0.1) is 17.2 Å². The van der Waals surface area contributed by atoms with Crippen LogP contribution in [-0.4, -0.2) is 11.7 Å². The predicted molar refractivity (Wildman–Crippen MR) is 72.1 cm³/mol. The highest BCUT2D eigenvalue weighted by molar-refractivity contribution is 8.00. The van der Waals surface area contributed by atoms with Gasteiger partial charge in [-0.15, -0.1) is 11.8 Å². The maximum Gasteiger partial charge on any atom is 0.234 e. The fraction of sp³-hybridized carbons (Fsp3) is 0.385. The maximum absolute atomic E-state index is 11.3. The van der Waals surface area contributed by atoms with Crippen molar-refractivity contribution in [1.29, 1.82) is 5.26 Å². The topological polar surface area (TPSA) is 78.9 Å². The minimum absolute atomic E-state index is 0.00514.